The Labute approximate surface area is 127 Å². The van der Waals surface area contributed by atoms with Crippen LogP contribution in [0.2, 0.25) is 5.02 Å². The van der Waals surface area contributed by atoms with Gasteiger partial charge in [-0.2, -0.15) is 0 Å². The van der Waals surface area contributed by atoms with E-state index in [0.29, 0.717) is 22.5 Å². The first-order valence-corrected chi connectivity index (χ1v) is 6.98. The van der Waals surface area contributed by atoms with Gasteiger partial charge in [-0.3, -0.25) is 9.36 Å². The average Bonchev–Trinajstić information content (AvgIpc) is 2.51. The number of nitrogens with zero attached hydrogens (tertiary/aromatic N) is 2. The van der Waals surface area contributed by atoms with Crippen molar-refractivity contribution >= 4 is 28.6 Å². The van der Waals surface area contributed by atoms with Crippen molar-refractivity contribution < 1.29 is 0 Å². The van der Waals surface area contributed by atoms with Crippen molar-refractivity contribution in [3.63, 3.8) is 0 Å². The summed E-state index contributed by atoms with van der Waals surface area (Å²) in [6.45, 7) is 0.475. The lowest BCUT2D eigenvalue weighted by Gasteiger charge is -2.04. The van der Waals surface area contributed by atoms with Crippen molar-refractivity contribution in [1.29, 1.82) is 0 Å². The first-order valence-electron chi connectivity index (χ1n) is 6.60. The molecule has 0 amide bonds. The van der Waals surface area contributed by atoms with E-state index in [-0.39, 0.29) is 5.56 Å². The van der Waals surface area contributed by atoms with Gasteiger partial charge in [-0.1, -0.05) is 54.1 Å². The maximum absolute atomic E-state index is 12.4. The molecule has 3 rings (SSSR count). The van der Waals surface area contributed by atoms with Crippen molar-refractivity contribution in [2.45, 2.75) is 6.54 Å². The maximum atomic E-state index is 12.4. The van der Waals surface area contributed by atoms with E-state index >= 15 is 0 Å². The second-order valence-corrected chi connectivity index (χ2v) is 5.11. The zero-order chi connectivity index (χ0) is 14.7. The summed E-state index contributed by atoms with van der Waals surface area (Å²) in [6.07, 6.45) is 5.48. The van der Waals surface area contributed by atoms with E-state index < -0.39 is 0 Å². The summed E-state index contributed by atoms with van der Waals surface area (Å²) in [7, 11) is 0. The van der Waals surface area contributed by atoms with Crippen molar-refractivity contribution in [2.24, 2.45) is 0 Å². The monoisotopic (exact) mass is 296 g/mol. The maximum Gasteiger partial charge on any atom is 0.261 e. The van der Waals surface area contributed by atoms with Crippen LogP contribution in [0.15, 0.2) is 65.7 Å². The Hall–Kier alpha value is -2.39. The van der Waals surface area contributed by atoms with Crippen LogP contribution in [0.4, 0.5) is 0 Å². The van der Waals surface area contributed by atoms with E-state index in [1.165, 1.54) is 0 Å². The Morgan fingerprint density at radius 2 is 1.95 bits per heavy atom. The lowest BCUT2D eigenvalue weighted by molar-refractivity contribution is 0.769. The minimum absolute atomic E-state index is 0.0831. The molecule has 104 valence electrons. The van der Waals surface area contributed by atoms with E-state index in [1.807, 2.05) is 42.5 Å². The Morgan fingerprint density at radius 1 is 1.14 bits per heavy atom. The molecule has 4 heteroatoms. The number of aromatic nitrogens is 2. The molecule has 0 N–H and O–H groups in total. The topological polar surface area (TPSA) is 34.9 Å². The van der Waals surface area contributed by atoms with Crippen LogP contribution < -0.4 is 5.56 Å². The van der Waals surface area contributed by atoms with Crippen molar-refractivity contribution in [1.82, 2.24) is 9.55 Å². The van der Waals surface area contributed by atoms with Crippen molar-refractivity contribution in [3.8, 4) is 0 Å². The van der Waals surface area contributed by atoms with Crippen LogP contribution in [0.1, 0.15) is 5.56 Å². The zero-order valence-corrected chi connectivity index (χ0v) is 12.0. The van der Waals surface area contributed by atoms with Gasteiger partial charge in [0.2, 0.25) is 0 Å². The fourth-order valence-corrected chi connectivity index (χ4v) is 2.30. The highest BCUT2D eigenvalue weighted by molar-refractivity contribution is 6.31. The van der Waals surface area contributed by atoms with Gasteiger partial charge >= 0.3 is 0 Å². The smallest absolute Gasteiger partial charge is 0.261 e. The molecule has 0 aliphatic rings. The first kappa shape index (κ1) is 13.6. The van der Waals surface area contributed by atoms with Gasteiger partial charge in [0, 0.05) is 11.6 Å². The van der Waals surface area contributed by atoms with Crippen LogP contribution >= 0.6 is 11.6 Å². The molecule has 0 radical (unpaired) electrons. The Bertz CT molecular complexity index is 854. The summed E-state index contributed by atoms with van der Waals surface area (Å²) in [5.74, 6) is 0. The number of halogens is 1. The minimum atomic E-state index is -0.0831. The molecule has 0 fully saturated rings. The van der Waals surface area contributed by atoms with E-state index in [0.717, 1.165) is 5.56 Å². The third-order valence-corrected chi connectivity index (χ3v) is 3.43. The molecule has 3 nitrogen and oxygen atoms in total. The fourth-order valence-electron chi connectivity index (χ4n) is 2.13. The van der Waals surface area contributed by atoms with Crippen LogP contribution in [-0.4, -0.2) is 9.55 Å². The van der Waals surface area contributed by atoms with Gasteiger partial charge in [0.1, 0.15) is 0 Å². The molecule has 0 saturated carbocycles. The molecule has 0 spiro atoms. The SMILES string of the molecule is O=c1c2cc(Cl)ccc2ncn1CC=Cc1ccccc1. The van der Waals surface area contributed by atoms with Gasteiger partial charge in [-0.15, -0.1) is 0 Å². The molecule has 0 unspecified atom stereocenters. The largest absolute Gasteiger partial charge is 0.295 e. The van der Waals surface area contributed by atoms with E-state index in [2.05, 4.69) is 4.98 Å². The summed E-state index contributed by atoms with van der Waals surface area (Å²) < 4.78 is 1.57. The van der Waals surface area contributed by atoms with E-state index in [1.54, 1.807) is 29.1 Å². The van der Waals surface area contributed by atoms with Crippen LogP contribution in [0.5, 0.6) is 0 Å². The molecule has 0 bridgehead atoms. The summed E-state index contributed by atoms with van der Waals surface area (Å²) in [6, 6.07) is 15.1. The highest BCUT2D eigenvalue weighted by Gasteiger charge is 2.03. The Kier molecular flexibility index (Phi) is 3.84. The quantitative estimate of drug-likeness (QED) is 0.737. The molecule has 21 heavy (non-hydrogen) atoms. The van der Waals surface area contributed by atoms with Gasteiger partial charge < -0.3 is 0 Å². The molecule has 1 heterocycles. The van der Waals surface area contributed by atoms with Crippen LogP contribution in [0.3, 0.4) is 0 Å². The Balaban J connectivity index is 1.89. The minimum Gasteiger partial charge on any atom is -0.295 e. The van der Waals surface area contributed by atoms with Gasteiger partial charge in [0.25, 0.3) is 5.56 Å². The number of fused-ring (bicyclic) bond motifs is 1. The van der Waals surface area contributed by atoms with E-state index in [4.69, 9.17) is 11.6 Å². The molecule has 0 saturated heterocycles. The molecule has 3 aromatic rings. The number of allylic oxidation sites excluding steroid dienone is 1. The van der Waals surface area contributed by atoms with Gasteiger partial charge in [-0.05, 0) is 23.8 Å². The summed E-state index contributed by atoms with van der Waals surface area (Å²) in [5.41, 5.74) is 1.68. The highest BCUT2D eigenvalue weighted by Crippen LogP contribution is 2.14. The normalized spacial score (nSPS) is 11.3. The molecule has 0 atom stereocenters. The number of rotatable bonds is 3. The second-order valence-electron chi connectivity index (χ2n) is 4.68. The molecular formula is C17H13ClN2O. The highest BCUT2D eigenvalue weighted by atomic mass is 35.5. The first-order chi connectivity index (χ1) is 10.2. The molecular weight excluding hydrogens is 284 g/mol. The predicted octanol–water partition coefficient (Wildman–Crippen LogP) is 3.76. The lowest BCUT2D eigenvalue weighted by atomic mass is 10.2. The zero-order valence-electron chi connectivity index (χ0n) is 11.2. The average molecular weight is 297 g/mol. The standard InChI is InChI=1S/C17H13ClN2O/c18-14-8-9-16-15(11-14)17(21)20(12-19-16)10-4-7-13-5-2-1-3-6-13/h1-9,11-12H,10H2. The van der Waals surface area contributed by atoms with Crippen molar-refractivity contribution in [3.05, 3.63) is 81.9 Å². The van der Waals surface area contributed by atoms with Crippen LogP contribution in [-0.2, 0) is 6.54 Å². The third kappa shape index (κ3) is 3.03. The van der Waals surface area contributed by atoms with Crippen molar-refractivity contribution in [2.75, 3.05) is 0 Å². The molecule has 0 aliphatic carbocycles. The van der Waals surface area contributed by atoms with Crippen LogP contribution in [0.25, 0.3) is 17.0 Å². The third-order valence-electron chi connectivity index (χ3n) is 3.20. The lowest BCUT2D eigenvalue weighted by Crippen LogP contribution is -2.19. The predicted molar refractivity (Wildman–Crippen MR) is 86.5 cm³/mol. The van der Waals surface area contributed by atoms with Crippen LogP contribution in [0, 0.1) is 0 Å². The summed E-state index contributed by atoms with van der Waals surface area (Å²) >= 11 is 5.94. The Morgan fingerprint density at radius 3 is 2.76 bits per heavy atom. The molecule has 1 aromatic heterocycles. The fraction of sp³-hybridized carbons (Fsp3) is 0.0588. The number of hydrogen-bond acceptors (Lipinski definition) is 2. The number of hydrogen-bond donors (Lipinski definition) is 0. The molecule has 2 aromatic carbocycles. The van der Waals surface area contributed by atoms with Gasteiger partial charge in [-0.25, -0.2) is 4.98 Å². The summed E-state index contributed by atoms with van der Waals surface area (Å²) in [4.78, 5) is 16.6. The summed E-state index contributed by atoms with van der Waals surface area (Å²) in [5, 5.41) is 1.08. The number of benzene rings is 2. The second kappa shape index (κ2) is 5.94. The van der Waals surface area contributed by atoms with E-state index in [9.17, 15) is 4.79 Å². The van der Waals surface area contributed by atoms with Gasteiger partial charge in [0.15, 0.2) is 0 Å². The molecule has 0 aliphatic heterocycles. The van der Waals surface area contributed by atoms with Gasteiger partial charge in [0.05, 0.1) is 17.2 Å².